The summed E-state index contributed by atoms with van der Waals surface area (Å²) in [7, 11) is 1.93. The predicted molar refractivity (Wildman–Crippen MR) is 88.7 cm³/mol. The fourth-order valence-electron chi connectivity index (χ4n) is 2.25. The molecule has 1 N–H and O–H groups in total. The first-order chi connectivity index (χ1) is 10.3. The van der Waals surface area contributed by atoms with Gasteiger partial charge in [0.2, 0.25) is 5.88 Å². The molecule has 0 bridgehead atoms. The second-order valence-corrected chi connectivity index (χ2v) is 5.55. The Bertz CT molecular complexity index is 774. The molecule has 0 saturated carbocycles. The van der Waals surface area contributed by atoms with Crippen LogP contribution in [0.3, 0.4) is 0 Å². The van der Waals surface area contributed by atoms with Crippen LogP contribution in [0.25, 0.3) is 10.9 Å². The number of nitrogens with one attached hydrogen (secondary N) is 1. The summed E-state index contributed by atoms with van der Waals surface area (Å²) in [6.45, 7) is 0.773. The van der Waals surface area contributed by atoms with Crippen molar-refractivity contribution in [2.75, 3.05) is 7.05 Å². The summed E-state index contributed by atoms with van der Waals surface area (Å²) in [5.74, 6) is 1.36. The van der Waals surface area contributed by atoms with E-state index >= 15 is 0 Å². The molecule has 0 aliphatic rings. The number of halogens is 1. The van der Waals surface area contributed by atoms with Crippen LogP contribution in [0.2, 0.25) is 0 Å². The van der Waals surface area contributed by atoms with E-state index in [1.54, 1.807) is 0 Å². The van der Waals surface area contributed by atoms with E-state index in [2.05, 4.69) is 32.3 Å². The third-order valence-corrected chi connectivity index (χ3v) is 3.85. The number of aromatic nitrogens is 1. The van der Waals surface area contributed by atoms with Crippen molar-refractivity contribution in [1.29, 1.82) is 0 Å². The SMILES string of the molecule is CNCc1cc(Oc2ccccc2Br)nc2ccccc12. The topological polar surface area (TPSA) is 34.1 Å². The number of hydrogen-bond donors (Lipinski definition) is 1. The van der Waals surface area contributed by atoms with E-state index in [-0.39, 0.29) is 0 Å². The van der Waals surface area contributed by atoms with Gasteiger partial charge in [-0.2, -0.15) is 0 Å². The summed E-state index contributed by atoms with van der Waals surface area (Å²) in [6, 6.07) is 17.8. The lowest BCUT2D eigenvalue weighted by Gasteiger charge is -2.11. The van der Waals surface area contributed by atoms with Crippen LogP contribution in [0.4, 0.5) is 0 Å². The molecule has 3 rings (SSSR count). The molecule has 0 spiro atoms. The lowest BCUT2D eigenvalue weighted by Crippen LogP contribution is -2.06. The lowest BCUT2D eigenvalue weighted by atomic mass is 10.1. The number of fused-ring (bicyclic) bond motifs is 1. The van der Waals surface area contributed by atoms with Gasteiger partial charge in [-0.1, -0.05) is 30.3 Å². The van der Waals surface area contributed by atoms with Crippen molar-refractivity contribution in [3.8, 4) is 11.6 Å². The summed E-state index contributed by atoms with van der Waals surface area (Å²) in [6.07, 6.45) is 0. The van der Waals surface area contributed by atoms with Gasteiger partial charge < -0.3 is 10.1 Å². The molecule has 0 radical (unpaired) electrons. The maximum absolute atomic E-state index is 5.92. The third-order valence-electron chi connectivity index (χ3n) is 3.20. The first-order valence-electron chi connectivity index (χ1n) is 6.73. The number of nitrogens with zero attached hydrogens (tertiary/aromatic N) is 1. The smallest absolute Gasteiger partial charge is 0.220 e. The Labute approximate surface area is 132 Å². The van der Waals surface area contributed by atoms with E-state index in [4.69, 9.17) is 4.74 Å². The first kappa shape index (κ1) is 14.0. The van der Waals surface area contributed by atoms with Crippen molar-refractivity contribution in [3.63, 3.8) is 0 Å². The highest BCUT2D eigenvalue weighted by Gasteiger charge is 2.08. The molecule has 1 aromatic heterocycles. The molecule has 4 heteroatoms. The second-order valence-electron chi connectivity index (χ2n) is 4.70. The van der Waals surface area contributed by atoms with Crippen LogP contribution in [0.1, 0.15) is 5.56 Å². The largest absolute Gasteiger partial charge is 0.438 e. The molecular weight excluding hydrogens is 328 g/mol. The maximum Gasteiger partial charge on any atom is 0.220 e. The minimum Gasteiger partial charge on any atom is -0.438 e. The Morgan fingerprint density at radius 3 is 2.67 bits per heavy atom. The van der Waals surface area contributed by atoms with Crippen molar-refractivity contribution in [2.45, 2.75) is 6.54 Å². The molecule has 0 fully saturated rings. The molecule has 21 heavy (non-hydrogen) atoms. The summed E-state index contributed by atoms with van der Waals surface area (Å²) in [5, 5.41) is 4.33. The van der Waals surface area contributed by atoms with Gasteiger partial charge in [-0.3, -0.25) is 0 Å². The minimum absolute atomic E-state index is 0.603. The number of hydrogen-bond acceptors (Lipinski definition) is 3. The quantitative estimate of drug-likeness (QED) is 0.757. The van der Waals surface area contributed by atoms with E-state index < -0.39 is 0 Å². The van der Waals surface area contributed by atoms with Crippen LogP contribution in [0.15, 0.2) is 59.1 Å². The van der Waals surface area contributed by atoms with Crippen LogP contribution in [-0.4, -0.2) is 12.0 Å². The molecule has 106 valence electrons. The monoisotopic (exact) mass is 342 g/mol. The number of rotatable bonds is 4. The van der Waals surface area contributed by atoms with Gasteiger partial charge in [0, 0.05) is 18.0 Å². The first-order valence-corrected chi connectivity index (χ1v) is 7.53. The molecule has 3 aromatic rings. The van der Waals surface area contributed by atoms with Crippen LogP contribution >= 0.6 is 15.9 Å². The van der Waals surface area contributed by atoms with Gasteiger partial charge in [0.1, 0.15) is 5.75 Å². The zero-order valence-electron chi connectivity index (χ0n) is 11.6. The summed E-state index contributed by atoms with van der Waals surface area (Å²) in [5.41, 5.74) is 2.11. The van der Waals surface area contributed by atoms with Crippen LogP contribution < -0.4 is 10.1 Å². The van der Waals surface area contributed by atoms with Crippen molar-refractivity contribution in [3.05, 3.63) is 64.6 Å². The number of ether oxygens (including phenoxy) is 1. The molecule has 1 heterocycles. The van der Waals surface area contributed by atoms with Crippen molar-refractivity contribution >= 4 is 26.8 Å². The minimum atomic E-state index is 0.603. The number of benzene rings is 2. The van der Waals surface area contributed by atoms with Gasteiger partial charge >= 0.3 is 0 Å². The lowest BCUT2D eigenvalue weighted by molar-refractivity contribution is 0.461. The summed E-state index contributed by atoms with van der Waals surface area (Å²) < 4.78 is 6.83. The van der Waals surface area contributed by atoms with Crippen molar-refractivity contribution < 1.29 is 4.74 Å². The molecule has 0 saturated heterocycles. The van der Waals surface area contributed by atoms with E-state index in [1.165, 1.54) is 5.56 Å². The van der Waals surface area contributed by atoms with Crippen LogP contribution in [0, 0.1) is 0 Å². The second kappa shape index (κ2) is 6.24. The van der Waals surface area contributed by atoms with Gasteiger partial charge in [-0.25, -0.2) is 4.98 Å². The fraction of sp³-hybridized carbons (Fsp3) is 0.118. The normalized spacial score (nSPS) is 10.8. The molecule has 3 nitrogen and oxygen atoms in total. The summed E-state index contributed by atoms with van der Waals surface area (Å²) >= 11 is 3.49. The molecular formula is C17H15BrN2O. The number of pyridine rings is 1. The van der Waals surface area contributed by atoms with Gasteiger partial charge in [0.25, 0.3) is 0 Å². The van der Waals surface area contributed by atoms with E-state index in [0.29, 0.717) is 5.88 Å². The fourth-order valence-corrected chi connectivity index (χ4v) is 2.62. The van der Waals surface area contributed by atoms with Gasteiger partial charge in [0.05, 0.1) is 9.99 Å². The highest BCUT2D eigenvalue weighted by atomic mass is 79.9. The van der Waals surface area contributed by atoms with Gasteiger partial charge in [-0.15, -0.1) is 0 Å². The Hall–Kier alpha value is -1.91. The maximum atomic E-state index is 5.92. The third kappa shape index (κ3) is 3.06. The van der Waals surface area contributed by atoms with Gasteiger partial charge in [-0.05, 0) is 46.7 Å². The number of para-hydroxylation sites is 2. The van der Waals surface area contributed by atoms with E-state index in [9.17, 15) is 0 Å². The van der Waals surface area contributed by atoms with E-state index in [0.717, 1.165) is 27.7 Å². The average Bonchev–Trinajstić information content (AvgIpc) is 2.50. The zero-order chi connectivity index (χ0) is 14.7. The molecule has 0 atom stereocenters. The standard InChI is InChI=1S/C17H15BrN2O/c1-19-11-12-10-17(20-15-8-4-2-6-13(12)15)21-16-9-5-3-7-14(16)18/h2-10,19H,11H2,1H3. The van der Waals surface area contributed by atoms with Crippen LogP contribution in [-0.2, 0) is 6.54 Å². The molecule has 0 aliphatic heterocycles. The van der Waals surface area contributed by atoms with Gasteiger partial charge in [0.15, 0.2) is 0 Å². The van der Waals surface area contributed by atoms with E-state index in [1.807, 2.05) is 55.6 Å². The molecule has 0 aliphatic carbocycles. The Kier molecular flexibility index (Phi) is 4.18. The van der Waals surface area contributed by atoms with Crippen molar-refractivity contribution in [2.24, 2.45) is 0 Å². The Morgan fingerprint density at radius 1 is 1.10 bits per heavy atom. The molecule has 0 amide bonds. The van der Waals surface area contributed by atoms with Crippen LogP contribution in [0.5, 0.6) is 11.6 Å². The highest BCUT2D eigenvalue weighted by Crippen LogP contribution is 2.30. The molecule has 0 unspecified atom stereocenters. The highest BCUT2D eigenvalue weighted by molar-refractivity contribution is 9.10. The van der Waals surface area contributed by atoms with Crippen molar-refractivity contribution in [1.82, 2.24) is 10.3 Å². The Morgan fingerprint density at radius 2 is 1.86 bits per heavy atom. The predicted octanol–water partition coefficient (Wildman–Crippen LogP) is 4.51. The molecule has 2 aromatic carbocycles. The zero-order valence-corrected chi connectivity index (χ0v) is 13.2. The summed E-state index contributed by atoms with van der Waals surface area (Å²) in [4.78, 5) is 4.58. The average molecular weight is 343 g/mol. The Balaban J connectivity index is 2.05.